The van der Waals surface area contributed by atoms with Crippen molar-refractivity contribution in [3.63, 3.8) is 0 Å². The summed E-state index contributed by atoms with van der Waals surface area (Å²) < 4.78 is 29.0. The highest BCUT2D eigenvalue weighted by Gasteiger charge is 2.32. The SMILES string of the molecule is CC(=O)N1c2cc(S(=O)(=O)Nc3cccc(Cl)c3C)c(Br)cc2C[C@H]1C. The monoisotopic (exact) mass is 456 g/mol. The van der Waals surface area contributed by atoms with Gasteiger partial charge >= 0.3 is 0 Å². The van der Waals surface area contributed by atoms with Crippen LogP contribution in [0.25, 0.3) is 0 Å². The number of hydrogen-bond acceptors (Lipinski definition) is 3. The lowest BCUT2D eigenvalue weighted by atomic mass is 10.1. The Morgan fingerprint density at radius 1 is 1.35 bits per heavy atom. The summed E-state index contributed by atoms with van der Waals surface area (Å²) in [5.41, 5.74) is 2.64. The Labute approximate surface area is 166 Å². The van der Waals surface area contributed by atoms with Crippen LogP contribution in [0.5, 0.6) is 0 Å². The molecule has 0 saturated heterocycles. The average molecular weight is 458 g/mol. The highest BCUT2D eigenvalue weighted by molar-refractivity contribution is 9.10. The largest absolute Gasteiger partial charge is 0.309 e. The van der Waals surface area contributed by atoms with Crippen LogP contribution in [0.2, 0.25) is 5.02 Å². The van der Waals surface area contributed by atoms with Crippen LogP contribution in [0.15, 0.2) is 39.7 Å². The fourth-order valence-corrected chi connectivity index (χ4v) is 5.63. The molecule has 1 aliphatic heterocycles. The van der Waals surface area contributed by atoms with Crippen LogP contribution in [0.3, 0.4) is 0 Å². The average Bonchev–Trinajstić information content (AvgIpc) is 2.85. The van der Waals surface area contributed by atoms with E-state index >= 15 is 0 Å². The van der Waals surface area contributed by atoms with Gasteiger partial charge < -0.3 is 4.90 Å². The minimum Gasteiger partial charge on any atom is -0.309 e. The topological polar surface area (TPSA) is 66.5 Å². The summed E-state index contributed by atoms with van der Waals surface area (Å²) in [5, 5.41) is 0.481. The van der Waals surface area contributed by atoms with Crippen LogP contribution >= 0.6 is 27.5 Å². The maximum Gasteiger partial charge on any atom is 0.263 e. The number of sulfonamides is 1. The van der Waals surface area contributed by atoms with Gasteiger partial charge in [0, 0.05) is 28.1 Å². The van der Waals surface area contributed by atoms with E-state index in [0.29, 0.717) is 32.9 Å². The fraction of sp³-hybridized carbons (Fsp3) is 0.278. The molecule has 0 unspecified atom stereocenters. The van der Waals surface area contributed by atoms with Crippen molar-refractivity contribution in [2.45, 2.75) is 38.1 Å². The van der Waals surface area contributed by atoms with Gasteiger partial charge in [-0.2, -0.15) is 0 Å². The molecule has 1 amide bonds. The van der Waals surface area contributed by atoms with Gasteiger partial charge in [-0.05, 0) is 71.6 Å². The number of carbonyl (C=O) groups is 1. The van der Waals surface area contributed by atoms with Gasteiger partial charge in [0.25, 0.3) is 10.0 Å². The molecule has 1 heterocycles. The lowest BCUT2D eigenvalue weighted by Gasteiger charge is -2.21. The van der Waals surface area contributed by atoms with Gasteiger partial charge in [-0.1, -0.05) is 17.7 Å². The maximum absolute atomic E-state index is 13.0. The minimum atomic E-state index is -3.86. The van der Waals surface area contributed by atoms with E-state index in [9.17, 15) is 13.2 Å². The summed E-state index contributed by atoms with van der Waals surface area (Å²) in [7, 11) is -3.86. The van der Waals surface area contributed by atoms with E-state index in [1.165, 1.54) is 6.92 Å². The summed E-state index contributed by atoms with van der Waals surface area (Å²) in [6, 6.07) is 8.36. The molecule has 26 heavy (non-hydrogen) atoms. The molecular formula is C18H18BrClN2O3S. The molecule has 5 nitrogen and oxygen atoms in total. The van der Waals surface area contributed by atoms with Crippen LogP contribution < -0.4 is 9.62 Å². The highest BCUT2D eigenvalue weighted by atomic mass is 79.9. The van der Waals surface area contributed by atoms with E-state index in [2.05, 4.69) is 20.7 Å². The minimum absolute atomic E-state index is 0.00418. The van der Waals surface area contributed by atoms with Crippen molar-refractivity contribution in [1.82, 2.24) is 0 Å². The highest BCUT2D eigenvalue weighted by Crippen LogP contribution is 2.38. The van der Waals surface area contributed by atoms with Crippen LogP contribution in [0.1, 0.15) is 25.0 Å². The Hall–Kier alpha value is -1.57. The van der Waals surface area contributed by atoms with Crippen molar-refractivity contribution in [3.05, 3.63) is 51.0 Å². The zero-order valence-corrected chi connectivity index (χ0v) is 17.7. The quantitative estimate of drug-likeness (QED) is 0.737. The summed E-state index contributed by atoms with van der Waals surface area (Å²) in [4.78, 5) is 13.7. The number of fused-ring (bicyclic) bond motifs is 1. The van der Waals surface area contributed by atoms with Gasteiger partial charge in [0.1, 0.15) is 4.90 Å². The van der Waals surface area contributed by atoms with Gasteiger partial charge in [-0.3, -0.25) is 9.52 Å². The molecule has 8 heteroatoms. The van der Waals surface area contributed by atoms with E-state index in [0.717, 1.165) is 5.56 Å². The first-order chi connectivity index (χ1) is 12.1. The smallest absolute Gasteiger partial charge is 0.263 e. The molecule has 138 valence electrons. The van der Waals surface area contributed by atoms with Crippen molar-refractivity contribution >= 4 is 54.8 Å². The first-order valence-corrected chi connectivity index (χ1v) is 10.7. The molecule has 0 radical (unpaired) electrons. The second kappa shape index (κ2) is 6.87. The molecule has 0 saturated carbocycles. The third-order valence-corrected chi connectivity index (χ3v) is 7.22. The van der Waals surface area contributed by atoms with Crippen molar-refractivity contribution in [3.8, 4) is 0 Å². The number of carbonyl (C=O) groups excluding carboxylic acids is 1. The third-order valence-electron chi connectivity index (χ3n) is 4.49. The van der Waals surface area contributed by atoms with Crippen LogP contribution in [-0.4, -0.2) is 20.4 Å². The summed E-state index contributed by atoms with van der Waals surface area (Å²) >= 11 is 9.44. The number of halogens is 2. The standard InChI is InChI=1S/C18H18BrClN2O3S/c1-10-7-13-8-14(19)18(9-17(13)22(10)12(3)23)26(24,25)21-16-6-4-5-15(20)11(16)2/h4-6,8-10,21H,7H2,1-3H3/t10-/m1/s1. The second-order valence-corrected chi connectivity index (χ2v) is 9.28. The Kier molecular flexibility index (Phi) is 5.07. The normalized spacial score (nSPS) is 16.5. The molecule has 1 aliphatic rings. The fourth-order valence-electron chi connectivity index (χ4n) is 3.22. The van der Waals surface area contributed by atoms with Crippen molar-refractivity contribution in [1.29, 1.82) is 0 Å². The van der Waals surface area contributed by atoms with Crippen molar-refractivity contribution in [2.24, 2.45) is 0 Å². The van der Waals surface area contributed by atoms with Crippen LogP contribution in [0, 0.1) is 6.92 Å². The Bertz CT molecular complexity index is 1010. The predicted octanol–water partition coefficient (Wildman–Crippen LogP) is 4.51. The molecule has 1 atom stereocenters. The van der Waals surface area contributed by atoms with Gasteiger partial charge in [0.15, 0.2) is 0 Å². The Morgan fingerprint density at radius 3 is 2.69 bits per heavy atom. The molecular weight excluding hydrogens is 440 g/mol. The molecule has 2 aromatic carbocycles. The number of hydrogen-bond donors (Lipinski definition) is 1. The first kappa shape index (κ1) is 19.2. The predicted molar refractivity (Wildman–Crippen MR) is 107 cm³/mol. The molecule has 0 bridgehead atoms. The van der Waals surface area contributed by atoms with E-state index in [1.54, 1.807) is 42.2 Å². The van der Waals surface area contributed by atoms with E-state index < -0.39 is 10.0 Å². The maximum atomic E-state index is 13.0. The van der Waals surface area contributed by atoms with E-state index in [1.807, 2.05) is 6.92 Å². The van der Waals surface area contributed by atoms with E-state index in [4.69, 9.17) is 11.6 Å². The number of anilines is 2. The number of nitrogens with zero attached hydrogens (tertiary/aromatic N) is 1. The third kappa shape index (κ3) is 3.35. The first-order valence-electron chi connectivity index (χ1n) is 8.02. The number of benzene rings is 2. The van der Waals surface area contributed by atoms with Gasteiger partial charge in [0.05, 0.1) is 5.69 Å². The zero-order chi connectivity index (χ0) is 19.2. The summed E-state index contributed by atoms with van der Waals surface area (Å²) in [6.07, 6.45) is 0.689. The molecule has 3 rings (SSSR count). The number of nitrogens with one attached hydrogen (secondary N) is 1. The molecule has 2 aromatic rings. The van der Waals surface area contributed by atoms with Crippen molar-refractivity contribution in [2.75, 3.05) is 9.62 Å². The van der Waals surface area contributed by atoms with Crippen LogP contribution in [-0.2, 0) is 21.2 Å². The molecule has 0 spiro atoms. The Morgan fingerprint density at radius 2 is 2.04 bits per heavy atom. The molecule has 0 fully saturated rings. The molecule has 0 aliphatic carbocycles. The van der Waals surface area contributed by atoms with Crippen LogP contribution in [0.4, 0.5) is 11.4 Å². The molecule has 0 aromatic heterocycles. The summed E-state index contributed by atoms with van der Waals surface area (Å²) in [6.45, 7) is 5.17. The van der Waals surface area contributed by atoms with Gasteiger partial charge in [-0.25, -0.2) is 8.42 Å². The number of rotatable bonds is 3. The Balaban J connectivity index is 2.07. The van der Waals surface area contributed by atoms with Gasteiger partial charge in [0.2, 0.25) is 5.91 Å². The van der Waals surface area contributed by atoms with Gasteiger partial charge in [-0.15, -0.1) is 0 Å². The van der Waals surface area contributed by atoms with E-state index in [-0.39, 0.29) is 16.8 Å². The second-order valence-electron chi connectivity index (χ2n) is 6.37. The number of amides is 1. The zero-order valence-electron chi connectivity index (χ0n) is 14.5. The lowest BCUT2D eigenvalue weighted by Crippen LogP contribution is -2.33. The van der Waals surface area contributed by atoms with Crippen molar-refractivity contribution < 1.29 is 13.2 Å². The molecule has 1 N–H and O–H groups in total. The lowest BCUT2D eigenvalue weighted by molar-refractivity contribution is -0.116. The summed E-state index contributed by atoms with van der Waals surface area (Å²) in [5.74, 6) is -0.111.